The molecule has 1 aromatic heterocycles. The van der Waals surface area contributed by atoms with Crippen molar-refractivity contribution in [3.05, 3.63) is 18.0 Å². The summed E-state index contributed by atoms with van der Waals surface area (Å²) in [7, 11) is 1.81. The first-order chi connectivity index (χ1) is 6.51. The zero-order chi connectivity index (χ0) is 10.6. The van der Waals surface area contributed by atoms with Crippen LogP contribution in [0.5, 0.6) is 0 Å². The van der Waals surface area contributed by atoms with Crippen molar-refractivity contribution in [3.63, 3.8) is 0 Å². The van der Waals surface area contributed by atoms with Crippen LogP contribution >= 0.6 is 0 Å². The van der Waals surface area contributed by atoms with Crippen LogP contribution in [0.4, 0.5) is 5.95 Å². The second kappa shape index (κ2) is 4.37. The van der Waals surface area contributed by atoms with Gasteiger partial charge in [0.25, 0.3) is 0 Å². The maximum Gasteiger partial charge on any atom is 0.222 e. The average molecular weight is 194 g/mol. The lowest BCUT2D eigenvalue weighted by molar-refractivity contribution is 0.423. The number of rotatable bonds is 3. The highest BCUT2D eigenvalue weighted by atomic mass is 15.1. The third-order valence-corrected chi connectivity index (χ3v) is 1.75. The monoisotopic (exact) mass is 194 g/mol. The molecule has 1 rings (SSSR count). The van der Waals surface area contributed by atoms with Gasteiger partial charge in [0.1, 0.15) is 0 Å². The SMILES string of the molecule is CNc1ncc(CNC(C)(C)C)cn1. The molecule has 0 fully saturated rings. The first kappa shape index (κ1) is 10.9. The molecule has 78 valence electrons. The van der Waals surface area contributed by atoms with Gasteiger partial charge in [-0.2, -0.15) is 0 Å². The van der Waals surface area contributed by atoms with Crippen molar-refractivity contribution in [2.75, 3.05) is 12.4 Å². The molecule has 4 heteroatoms. The first-order valence-corrected chi connectivity index (χ1v) is 4.75. The van der Waals surface area contributed by atoms with Gasteiger partial charge in [-0.15, -0.1) is 0 Å². The summed E-state index contributed by atoms with van der Waals surface area (Å²) in [5, 5.41) is 6.26. The Morgan fingerprint density at radius 2 is 1.79 bits per heavy atom. The zero-order valence-corrected chi connectivity index (χ0v) is 9.26. The standard InChI is InChI=1S/C10H18N4/c1-10(2,3)14-7-8-5-12-9(11-4)13-6-8/h5-6,14H,7H2,1-4H3,(H,11,12,13). The lowest BCUT2D eigenvalue weighted by atomic mass is 10.1. The van der Waals surface area contributed by atoms with E-state index in [-0.39, 0.29) is 5.54 Å². The smallest absolute Gasteiger partial charge is 0.222 e. The highest BCUT2D eigenvalue weighted by Gasteiger charge is 2.08. The van der Waals surface area contributed by atoms with Crippen LogP contribution in [0, 0.1) is 0 Å². The predicted molar refractivity (Wildman–Crippen MR) is 58.2 cm³/mol. The summed E-state index contributed by atoms with van der Waals surface area (Å²) in [4.78, 5) is 8.27. The molecule has 0 unspecified atom stereocenters. The van der Waals surface area contributed by atoms with E-state index >= 15 is 0 Å². The molecule has 4 nitrogen and oxygen atoms in total. The summed E-state index contributed by atoms with van der Waals surface area (Å²) < 4.78 is 0. The maximum absolute atomic E-state index is 4.14. The number of nitrogens with zero attached hydrogens (tertiary/aromatic N) is 2. The normalized spacial score (nSPS) is 11.4. The first-order valence-electron chi connectivity index (χ1n) is 4.75. The van der Waals surface area contributed by atoms with Crippen molar-refractivity contribution < 1.29 is 0 Å². The quantitative estimate of drug-likeness (QED) is 0.763. The van der Waals surface area contributed by atoms with Gasteiger partial charge in [0.05, 0.1) is 0 Å². The molecule has 1 heterocycles. The van der Waals surface area contributed by atoms with E-state index in [0.29, 0.717) is 5.95 Å². The molecule has 0 aliphatic rings. The van der Waals surface area contributed by atoms with Crippen LogP contribution in [0.1, 0.15) is 26.3 Å². The third kappa shape index (κ3) is 3.70. The molecule has 0 amide bonds. The lowest BCUT2D eigenvalue weighted by Gasteiger charge is -2.20. The van der Waals surface area contributed by atoms with E-state index in [0.717, 1.165) is 12.1 Å². The van der Waals surface area contributed by atoms with Gasteiger partial charge < -0.3 is 10.6 Å². The summed E-state index contributed by atoms with van der Waals surface area (Å²) in [5.74, 6) is 0.657. The van der Waals surface area contributed by atoms with Crippen molar-refractivity contribution in [3.8, 4) is 0 Å². The van der Waals surface area contributed by atoms with Gasteiger partial charge in [-0.25, -0.2) is 9.97 Å². The highest BCUT2D eigenvalue weighted by Crippen LogP contribution is 2.03. The van der Waals surface area contributed by atoms with Crippen molar-refractivity contribution in [1.29, 1.82) is 0 Å². The van der Waals surface area contributed by atoms with Gasteiger partial charge in [0, 0.05) is 37.1 Å². The van der Waals surface area contributed by atoms with Gasteiger partial charge in [0.15, 0.2) is 0 Å². The molecule has 0 saturated carbocycles. The second-order valence-corrected chi connectivity index (χ2v) is 4.27. The van der Waals surface area contributed by atoms with Gasteiger partial charge in [-0.3, -0.25) is 0 Å². The van der Waals surface area contributed by atoms with Crippen LogP contribution < -0.4 is 10.6 Å². The van der Waals surface area contributed by atoms with E-state index in [2.05, 4.69) is 41.4 Å². The minimum atomic E-state index is 0.127. The maximum atomic E-state index is 4.14. The van der Waals surface area contributed by atoms with E-state index < -0.39 is 0 Å². The molecule has 0 radical (unpaired) electrons. The third-order valence-electron chi connectivity index (χ3n) is 1.75. The van der Waals surface area contributed by atoms with E-state index in [1.165, 1.54) is 0 Å². The van der Waals surface area contributed by atoms with Crippen LogP contribution in [0.15, 0.2) is 12.4 Å². The fraction of sp³-hybridized carbons (Fsp3) is 0.600. The van der Waals surface area contributed by atoms with Gasteiger partial charge >= 0.3 is 0 Å². The molecule has 0 aromatic carbocycles. The van der Waals surface area contributed by atoms with E-state index in [1.807, 2.05) is 19.4 Å². The number of aromatic nitrogens is 2. The molecule has 0 aliphatic carbocycles. The fourth-order valence-corrected chi connectivity index (χ4v) is 0.942. The minimum absolute atomic E-state index is 0.127. The van der Waals surface area contributed by atoms with E-state index in [1.54, 1.807) is 0 Å². The Morgan fingerprint density at radius 1 is 1.21 bits per heavy atom. The number of hydrogen-bond acceptors (Lipinski definition) is 4. The second-order valence-electron chi connectivity index (χ2n) is 4.27. The molecule has 1 aromatic rings. The number of hydrogen-bond donors (Lipinski definition) is 2. The molecule has 14 heavy (non-hydrogen) atoms. The molecule has 0 bridgehead atoms. The molecule has 0 spiro atoms. The van der Waals surface area contributed by atoms with Gasteiger partial charge in [-0.1, -0.05) is 0 Å². The minimum Gasteiger partial charge on any atom is -0.357 e. The van der Waals surface area contributed by atoms with Gasteiger partial charge in [-0.05, 0) is 20.8 Å². The van der Waals surface area contributed by atoms with Crippen LogP contribution in [-0.2, 0) is 6.54 Å². The molecule has 0 atom stereocenters. The predicted octanol–water partition coefficient (Wildman–Crippen LogP) is 1.41. The average Bonchev–Trinajstić information content (AvgIpc) is 2.14. The summed E-state index contributed by atoms with van der Waals surface area (Å²) >= 11 is 0. The Hall–Kier alpha value is -1.16. The van der Waals surface area contributed by atoms with E-state index in [4.69, 9.17) is 0 Å². The van der Waals surface area contributed by atoms with Crippen LogP contribution in [0.25, 0.3) is 0 Å². The lowest BCUT2D eigenvalue weighted by Crippen LogP contribution is -2.35. The Bertz CT molecular complexity index is 273. The number of nitrogens with one attached hydrogen (secondary N) is 2. The highest BCUT2D eigenvalue weighted by molar-refractivity contribution is 5.23. The largest absolute Gasteiger partial charge is 0.357 e. The summed E-state index contributed by atoms with van der Waals surface area (Å²) in [6.07, 6.45) is 3.66. The zero-order valence-electron chi connectivity index (χ0n) is 9.26. The van der Waals surface area contributed by atoms with Crippen LogP contribution in [0.3, 0.4) is 0 Å². The van der Waals surface area contributed by atoms with Crippen LogP contribution in [-0.4, -0.2) is 22.6 Å². The molecular formula is C10H18N4. The molecule has 0 saturated heterocycles. The molecule has 2 N–H and O–H groups in total. The Kier molecular flexibility index (Phi) is 3.41. The number of anilines is 1. The van der Waals surface area contributed by atoms with Crippen LogP contribution in [0.2, 0.25) is 0 Å². The van der Waals surface area contributed by atoms with Crippen molar-refractivity contribution >= 4 is 5.95 Å². The summed E-state index contributed by atoms with van der Waals surface area (Å²) in [6, 6.07) is 0. The Balaban J connectivity index is 2.52. The topological polar surface area (TPSA) is 49.8 Å². The Morgan fingerprint density at radius 3 is 2.21 bits per heavy atom. The molecule has 0 aliphatic heterocycles. The Labute approximate surface area is 85.2 Å². The van der Waals surface area contributed by atoms with Crippen molar-refractivity contribution in [2.24, 2.45) is 0 Å². The van der Waals surface area contributed by atoms with Gasteiger partial charge in [0.2, 0.25) is 5.95 Å². The molecular weight excluding hydrogens is 176 g/mol. The summed E-state index contributed by atoms with van der Waals surface area (Å²) in [5.41, 5.74) is 1.22. The van der Waals surface area contributed by atoms with Crippen molar-refractivity contribution in [2.45, 2.75) is 32.9 Å². The van der Waals surface area contributed by atoms with E-state index in [9.17, 15) is 0 Å². The van der Waals surface area contributed by atoms with Crippen molar-refractivity contribution in [1.82, 2.24) is 15.3 Å². The summed E-state index contributed by atoms with van der Waals surface area (Å²) in [6.45, 7) is 7.20. The fourth-order valence-electron chi connectivity index (χ4n) is 0.942.